The van der Waals surface area contributed by atoms with Gasteiger partial charge in [-0.2, -0.15) is 28.6 Å². The molecule has 0 bridgehead atoms. The molecule has 1 aromatic heterocycles. The van der Waals surface area contributed by atoms with E-state index in [1.807, 2.05) is 36.4 Å². The molecule has 0 aliphatic heterocycles. The first-order valence-corrected chi connectivity index (χ1v) is 10.7. The number of rotatable bonds is 6. The molecule has 9 heteroatoms. The van der Waals surface area contributed by atoms with Crippen molar-refractivity contribution in [3.63, 3.8) is 0 Å². The lowest BCUT2D eigenvalue weighted by molar-refractivity contribution is -0.137. The molecule has 0 aliphatic rings. The minimum atomic E-state index is -4.49. The van der Waals surface area contributed by atoms with Crippen LogP contribution in [0.5, 0.6) is 0 Å². The van der Waals surface area contributed by atoms with Crippen molar-refractivity contribution in [2.24, 2.45) is 5.10 Å². The zero-order chi connectivity index (χ0) is 25.5. The van der Waals surface area contributed by atoms with Crippen molar-refractivity contribution in [1.29, 1.82) is 5.26 Å². The van der Waals surface area contributed by atoms with Crippen LogP contribution in [0.25, 0.3) is 17.3 Å². The lowest BCUT2D eigenvalue weighted by Crippen LogP contribution is -2.19. The van der Waals surface area contributed by atoms with Crippen LogP contribution in [0.15, 0.2) is 96.4 Å². The first kappa shape index (κ1) is 24.2. The number of halogens is 3. The zero-order valence-electron chi connectivity index (χ0n) is 18.6. The molecule has 0 saturated carbocycles. The molecule has 6 nitrogen and oxygen atoms in total. The number of benzene rings is 3. The number of para-hydroxylation sites is 1. The minimum absolute atomic E-state index is 0.105. The predicted molar refractivity (Wildman–Crippen MR) is 130 cm³/mol. The molecule has 4 rings (SSSR count). The Morgan fingerprint density at radius 1 is 0.972 bits per heavy atom. The van der Waals surface area contributed by atoms with E-state index < -0.39 is 17.6 Å². The molecule has 0 aliphatic carbocycles. The number of carbonyl (C=O) groups excluding carboxylic acids is 1. The van der Waals surface area contributed by atoms with Crippen molar-refractivity contribution < 1.29 is 18.0 Å². The molecule has 0 radical (unpaired) electrons. The van der Waals surface area contributed by atoms with Crippen LogP contribution in [0.4, 0.5) is 13.2 Å². The Morgan fingerprint density at radius 3 is 2.31 bits per heavy atom. The van der Waals surface area contributed by atoms with Crippen molar-refractivity contribution in [3.05, 3.63) is 119 Å². The number of nitriles is 1. The monoisotopic (exact) mass is 485 g/mol. The number of hydrogen-bond donors (Lipinski definition) is 1. The topological polar surface area (TPSA) is 83.1 Å². The van der Waals surface area contributed by atoms with Gasteiger partial charge in [-0.1, -0.05) is 42.5 Å². The Labute approximate surface area is 204 Å². The van der Waals surface area contributed by atoms with Gasteiger partial charge in [0, 0.05) is 17.3 Å². The summed E-state index contributed by atoms with van der Waals surface area (Å²) in [5.74, 6) is -0.618. The maximum absolute atomic E-state index is 13.0. The Balaban J connectivity index is 1.62. The molecule has 1 N–H and O–H groups in total. The molecule has 0 saturated heterocycles. The van der Waals surface area contributed by atoms with E-state index >= 15 is 0 Å². The van der Waals surface area contributed by atoms with Gasteiger partial charge in [-0.05, 0) is 53.6 Å². The van der Waals surface area contributed by atoms with Crippen LogP contribution in [-0.2, 0) is 11.0 Å². The van der Waals surface area contributed by atoms with Gasteiger partial charge < -0.3 is 0 Å². The summed E-state index contributed by atoms with van der Waals surface area (Å²) in [6.45, 7) is 0. The number of alkyl halides is 3. The Hall–Kier alpha value is -4.97. The van der Waals surface area contributed by atoms with Gasteiger partial charge in [-0.25, -0.2) is 10.1 Å². The average Bonchev–Trinajstić information content (AvgIpc) is 3.36. The highest BCUT2D eigenvalue weighted by Crippen LogP contribution is 2.30. The number of nitrogens with zero attached hydrogens (tertiary/aromatic N) is 4. The third-order valence-corrected chi connectivity index (χ3v) is 5.12. The first-order chi connectivity index (χ1) is 17.3. The lowest BCUT2D eigenvalue weighted by Gasteiger charge is -2.10. The van der Waals surface area contributed by atoms with Crippen LogP contribution in [-0.4, -0.2) is 21.9 Å². The van der Waals surface area contributed by atoms with Crippen molar-refractivity contribution in [1.82, 2.24) is 15.2 Å². The van der Waals surface area contributed by atoms with Crippen LogP contribution in [0, 0.1) is 11.3 Å². The fourth-order valence-corrected chi connectivity index (χ4v) is 3.29. The van der Waals surface area contributed by atoms with Crippen LogP contribution in [0.2, 0.25) is 0 Å². The fourth-order valence-electron chi connectivity index (χ4n) is 3.29. The van der Waals surface area contributed by atoms with Gasteiger partial charge in [0.05, 0.1) is 35.3 Å². The molecule has 0 unspecified atom stereocenters. The van der Waals surface area contributed by atoms with Crippen molar-refractivity contribution in [2.45, 2.75) is 6.18 Å². The van der Waals surface area contributed by atoms with E-state index in [9.17, 15) is 18.0 Å². The van der Waals surface area contributed by atoms with Gasteiger partial charge in [-0.15, -0.1) is 0 Å². The number of hydrazone groups is 1. The summed E-state index contributed by atoms with van der Waals surface area (Å²) in [6, 6.07) is 22.2. The number of hydrogen-bond acceptors (Lipinski definition) is 4. The molecule has 0 spiro atoms. The maximum Gasteiger partial charge on any atom is 0.416 e. The minimum Gasteiger partial charge on any atom is -0.267 e. The highest BCUT2D eigenvalue weighted by Gasteiger charge is 2.30. The van der Waals surface area contributed by atoms with Gasteiger partial charge in [0.25, 0.3) is 5.91 Å². The highest BCUT2D eigenvalue weighted by molar-refractivity contribution is 6.24. The van der Waals surface area contributed by atoms with Gasteiger partial charge in [0.15, 0.2) is 0 Å². The largest absolute Gasteiger partial charge is 0.416 e. The van der Waals surface area contributed by atoms with Gasteiger partial charge in [0.1, 0.15) is 0 Å². The molecule has 36 heavy (non-hydrogen) atoms. The van der Waals surface area contributed by atoms with Crippen molar-refractivity contribution in [2.75, 3.05) is 0 Å². The van der Waals surface area contributed by atoms with Gasteiger partial charge >= 0.3 is 6.18 Å². The summed E-state index contributed by atoms with van der Waals surface area (Å²) in [6.07, 6.45) is 1.68. The van der Waals surface area contributed by atoms with Gasteiger partial charge in [-0.3, -0.25) is 4.79 Å². The molecule has 0 fully saturated rings. The summed E-state index contributed by atoms with van der Waals surface area (Å²) in [7, 11) is 0. The normalized spacial score (nSPS) is 11.9. The van der Waals surface area contributed by atoms with Gasteiger partial charge in [0.2, 0.25) is 0 Å². The van der Waals surface area contributed by atoms with Crippen LogP contribution >= 0.6 is 0 Å². The lowest BCUT2D eigenvalue weighted by atomic mass is 10.0. The number of amides is 1. The average molecular weight is 485 g/mol. The smallest absolute Gasteiger partial charge is 0.267 e. The molecule has 4 aromatic rings. The molecule has 3 aromatic carbocycles. The quantitative estimate of drug-likeness (QED) is 0.224. The van der Waals surface area contributed by atoms with E-state index in [0.29, 0.717) is 16.7 Å². The Kier molecular flexibility index (Phi) is 7.07. The van der Waals surface area contributed by atoms with E-state index in [4.69, 9.17) is 5.26 Å². The number of carbonyl (C=O) groups is 1. The second kappa shape index (κ2) is 10.5. The second-order valence-electron chi connectivity index (χ2n) is 7.62. The van der Waals surface area contributed by atoms with E-state index in [-0.39, 0.29) is 11.1 Å². The summed E-state index contributed by atoms with van der Waals surface area (Å²) in [5, 5.41) is 17.1. The van der Waals surface area contributed by atoms with E-state index in [1.165, 1.54) is 24.4 Å². The standard InChI is InChI=1S/C27H18F3N5O/c28-27(29,30)23-12-10-22(11-13-23)25(14-21-17-33-35(18-21)24-4-2-1-3-5-24)26(36)34-32-16-20-8-6-19(15-31)7-9-20/h1-14,16-18H,(H,34,36)/b25-14+,32-16+. The highest BCUT2D eigenvalue weighted by atomic mass is 19.4. The number of aromatic nitrogens is 2. The first-order valence-electron chi connectivity index (χ1n) is 10.7. The summed E-state index contributed by atoms with van der Waals surface area (Å²) in [4.78, 5) is 13.0. The van der Waals surface area contributed by atoms with Crippen LogP contribution in [0.3, 0.4) is 0 Å². The fraction of sp³-hybridized carbons (Fsp3) is 0.0370. The van der Waals surface area contributed by atoms with E-state index in [2.05, 4.69) is 15.6 Å². The van der Waals surface area contributed by atoms with Crippen molar-refractivity contribution in [3.8, 4) is 11.8 Å². The molecule has 1 heterocycles. The van der Waals surface area contributed by atoms with E-state index in [0.717, 1.165) is 17.8 Å². The molecular formula is C27H18F3N5O. The molecular weight excluding hydrogens is 467 g/mol. The van der Waals surface area contributed by atoms with Crippen LogP contribution < -0.4 is 5.43 Å². The third kappa shape index (κ3) is 5.93. The third-order valence-electron chi connectivity index (χ3n) is 5.12. The Bertz CT molecular complexity index is 1450. The predicted octanol–water partition coefficient (Wildman–Crippen LogP) is 5.45. The molecule has 178 valence electrons. The van der Waals surface area contributed by atoms with Crippen LogP contribution in [0.1, 0.15) is 27.8 Å². The second-order valence-corrected chi connectivity index (χ2v) is 7.62. The summed E-state index contributed by atoms with van der Waals surface area (Å²) >= 11 is 0. The number of nitrogens with one attached hydrogen (secondary N) is 1. The van der Waals surface area contributed by atoms with E-state index in [1.54, 1.807) is 41.3 Å². The summed E-state index contributed by atoms with van der Waals surface area (Å²) < 4.78 is 40.7. The molecule has 1 amide bonds. The maximum atomic E-state index is 13.0. The Morgan fingerprint density at radius 2 is 1.67 bits per heavy atom. The van der Waals surface area contributed by atoms with Crippen molar-refractivity contribution >= 4 is 23.8 Å². The molecule has 0 atom stereocenters. The summed E-state index contributed by atoms with van der Waals surface area (Å²) in [5.41, 5.74) is 4.49. The SMILES string of the molecule is N#Cc1ccc(/C=N/NC(=O)/C(=C/c2cnn(-c3ccccc3)c2)c2ccc(C(F)(F)F)cc2)cc1. The zero-order valence-corrected chi connectivity index (χ0v) is 18.6.